The van der Waals surface area contributed by atoms with Crippen LogP contribution in [0, 0.1) is 0 Å². The van der Waals surface area contributed by atoms with E-state index < -0.39 is 0 Å². The summed E-state index contributed by atoms with van der Waals surface area (Å²) < 4.78 is 0. The Hall–Kier alpha value is -1.62. The maximum Gasteiger partial charge on any atom is 0.267 e. The lowest BCUT2D eigenvalue weighted by molar-refractivity contribution is 0.0948. The molecule has 1 heterocycles. The Morgan fingerprint density at radius 3 is 2.53 bits per heavy atom. The molecule has 3 N–H and O–H groups in total. The van der Waals surface area contributed by atoms with Crippen molar-refractivity contribution in [3.8, 4) is 0 Å². The van der Waals surface area contributed by atoms with Gasteiger partial charge in [0.2, 0.25) is 0 Å². The fourth-order valence-corrected chi connectivity index (χ4v) is 1.44. The zero-order valence-corrected chi connectivity index (χ0v) is 9.95. The molecular weight excluding hydrogens is 220 g/mol. The van der Waals surface area contributed by atoms with E-state index in [0.717, 1.165) is 19.3 Å². The van der Waals surface area contributed by atoms with Crippen LogP contribution in [-0.2, 0) is 0 Å². The average Bonchev–Trinajstić information content (AvgIpc) is 2.78. The minimum Gasteiger partial charge on any atom is -0.396 e. The van der Waals surface area contributed by atoms with E-state index in [4.69, 9.17) is 5.11 Å². The molecule has 1 aromatic rings. The van der Waals surface area contributed by atoms with Gasteiger partial charge in [-0.05, 0) is 31.4 Å². The molecular formula is C12H18N2O3. The molecule has 0 aliphatic carbocycles. The third-order valence-corrected chi connectivity index (χ3v) is 2.43. The highest BCUT2D eigenvalue weighted by atomic mass is 16.2. The van der Waals surface area contributed by atoms with Crippen molar-refractivity contribution >= 4 is 11.7 Å². The largest absolute Gasteiger partial charge is 0.396 e. The molecule has 0 aromatic carbocycles. The highest BCUT2D eigenvalue weighted by Crippen LogP contribution is 2.02. The Kier molecular flexibility index (Phi) is 5.42. The fraction of sp³-hybridized carbons (Fsp3) is 0.500. The van der Waals surface area contributed by atoms with Crippen LogP contribution in [0.15, 0.2) is 12.1 Å². The summed E-state index contributed by atoms with van der Waals surface area (Å²) in [7, 11) is 0. The molecule has 0 saturated carbocycles. The summed E-state index contributed by atoms with van der Waals surface area (Å²) in [5.74, 6) is -0.298. The van der Waals surface area contributed by atoms with E-state index >= 15 is 0 Å². The van der Waals surface area contributed by atoms with Gasteiger partial charge < -0.3 is 15.4 Å². The number of aromatic nitrogens is 1. The van der Waals surface area contributed by atoms with Crippen molar-refractivity contribution < 1.29 is 14.7 Å². The molecule has 0 fully saturated rings. The van der Waals surface area contributed by atoms with Crippen LogP contribution in [0.25, 0.3) is 0 Å². The monoisotopic (exact) mass is 238 g/mol. The van der Waals surface area contributed by atoms with Gasteiger partial charge in [-0.15, -0.1) is 0 Å². The van der Waals surface area contributed by atoms with Crippen molar-refractivity contribution in [1.82, 2.24) is 10.3 Å². The van der Waals surface area contributed by atoms with Crippen molar-refractivity contribution in [2.24, 2.45) is 0 Å². The Morgan fingerprint density at radius 2 is 1.94 bits per heavy atom. The first-order chi connectivity index (χ1) is 8.15. The smallest absolute Gasteiger partial charge is 0.267 e. The van der Waals surface area contributed by atoms with Gasteiger partial charge in [-0.2, -0.15) is 0 Å². The molecule has 1 amide bonds. The molecule has 1 rings (SSSR count). The summed E-state index contributed by atoms with van der Waals surface area (Å²) in [6, 6.07) is 3.20. The molecule has 0 aliphatic rings. The topological polar surface area (TPSA) is 82.2 Å². The van der Waals surface area contributed by atoms with E-state index in [9.17, 15) is 9.59 Å². The fourth-order valence-electron chi connectivity index (χ4n) is 1.44. The van der Waals surface area contributed by atoms with Gasteiger partial charge in [0.25, 0.3) is 5.91 Å². The number of carbonyl (C=O) groups is 2. The first-order valence-electron chi connectivity index (χ1n) is 5.74. The molecule has 1 aromatic heterocycles. The summed E-state index contributed by atoms with van der Waals surface area (Å²) in [4.78, 5) is 25.4. The van der Waals surface area contributed by atoms with Crippen LogP contribution in [0.1, 0.15) is 47.2 Å². The molecule has 0 unspecified atom stereocenters. The minimum atomic E-state index is -0.207. The van der Waals surface area contributed by atoms with Gasteiger partial charge in [0.15, 0.2) is 5.78 Å². The molecule has 5 nitrogen and oxygen atoms in total. The molecule has 0 saturated heterocycles. The number of hydrogen-bond donors (Lipinski definition) is 3. The van der Waals surface area contributed by atoms with Crippen LogP contribution >= 0.6 is 0 Å². The quantitative estimate of drug-likeness (QED) is 0.491. The Bertz CT molecular complexity index is 385. The van der Waals surface area contributed by atoms with Crippen molar-refractivity contribution in [3.05, 3.63) is 23.5 Å². The summed E-state index contributed by atoms with van der Waals surface area (Å²) in [5, 5.41) is 11.3. The zero-order chi connectivity index (χ0) is 12.7. The second-order valence-electron chi connectivity index (χ2n) is 3.88. The summed E-state index contributed by atoms with van der Waals surface area (Å²) >= 11 is 0. The van der Waals surface area contributed by atoms with E-state index in [1.807, 2.05) is 0 Å². The highest BCUT2D eigenvalue weighted by molar-refractivity contribution is 5.97. The molecule has 5 heteroatoms. The number of Topliss-reactive ketones (excluding diaryl/α,β-unsaturated/α-hetero) is 1. The molecule has 17 heavy (non-hydrogen) atoms. The number of hydrogen-bond acceptors (Lipinski definition) is 3. The standard InChI is InChI=1S/C12H18N2O3/c1-9(16)10-5-6-11(14-10)12(17)13-7-3-2-4-8-15/h5-6,14-15H,2-4,7-8H2,1H3,(H,13,17). The number of aromatic amines is 1. The molecule has 0 spiro atoms. The molecule has 0 aliphatic heterocycles. The second-order valence-corrected chi connectivity index (χ2v) is 3.88. The van der Waals surface area contributed by atoms with Gasteiger partial charge >= 0.3 is 0 Å². The third-order valence-electron chi connectivity index (χ3n) is 2.43. The maximum atomic E-state index is 11.6. The number of rotatable bonds is 7. The number of nitrogens with one attached hydrogen (secondary N) is 2. The van der Waals surface area contributed by atoms with E-state index in [1.165, 1.54) is 6.92 Å². The number of ketones is 1. The van der Waals surface area contributed by atoms with Crippen molar-refractivity contribution in [2.45, 2.75) is 26.2 Å². The number of aliphatic hydroxyl groups excluding tert-OH is 1. The van der Waals surface area contributed by atoms with Crippen LogP contribution in [0.3, 0.4) is 0 Å². The van der Waals surface area contributed by atoms with Gasteiger partial charge in [0, 0.05) is 20.1 Å². The van der Waals surface area contributed by atoms with Gasteiger partial charge in [-0.3, -0.25) is 9.59 Å². The zero-order valence-electron chi connectivity index (χ0n) is 9.95. The SMILES string of the molecule is CC(=O)c1ccc(C(=O)NCCCCCO)[nH]1. The van der Waals surface area contributed by atoms with E-state index in [0.29, 0.717) is 17.9 Å². The second kappa shape index (κ2) is 6.85. The summed E-state index contributed by atoms with van der Waals surface area (Å²) in [5.41, 5.74) is 0.841. The maximum absolute atomic E-state index is 11.6. The first-order valence-corrected chi connectivity index (χ1v) is 5.74. The van der Waals surface area contributed by atoms with Crippen LogP contribution in [0.2, 0.25) is 0 Å². The molecule has 94 valence electrons. The minimum absolute atomic E-state index is 0.0907. The lowest BCUT2D eigenvalue weighted by atomic mass is 10.2. The van der Waals surface area contributed by atoms with Crippen LogP contribution in [0.4, 0.5) is 0 Å². The van der Waals surface area contributed by atoms with Gasteiger partial charge in [-0.1, -0.05) is 0 Å². The Labute approximate surface area is 100 Å². The normalized spacial score (nSPS) is 10.2. The summed E-state index contributed by atoms with van der Waals surface area (Å²) in [6.07, 6.45) is 2.49. The Morgan fingerprint density at radius 1 is 1.24 bits per heavy atom. The van der Waals surface area contributed by atoms with Crippen molar-refractivity contribution in [2.75, 3.05) is 13.2 Å². The lowest BCUT2D eigenvalue weighted by Crippen LogP contribution is -2.24. The van der Waals surface area contributed by atoms with Crippen molar-refractivity contribution in [1.29, 1.82) is 0 Å². The Balaban J connectivity index is 2.34. The predicted octanol–water partition coefficient (Wildman–Crippen LogP) is 1.11. The lowest BCUT2D eigenvalue weighted by Gasteiger charge is -2.02. The first kappa shape index (κ1) is 13.4. The average molecular weight is 238 g/mol. The third kappa shape index (κ3) is 4.40. The van der Waals surface area contributed by atoms with Gasteiger partial charge in [0.05, 0.1) is 5.69 Å². The van der Waals surface area contributed by atoms with Gasteiger partial charge in [-0.25, -0.2) is 0 Å². The van der Waals surface area contributed by atoms with E-state index in [2.05, 4.69) is 10.3 Å². The molecule has 0 atom stereocenters. The van der Waals surface area contributed by atoms with Crippen molar-refractivity contribution in [3.63, 3.8) is 0 Å². The number of H-pyrrole nitrogens is 1. The number of carbonyl (C=O) groups excluding carboxylic acids is 2. The van der Waals surface area contributed by atoms with Crippen LogP contribution in [0.5, 0.6) is 0 Å². The van der Waals surface area contributed by atoms with Gasteiger partial charge in [0.1, 0.15) is 5.69 Å². The van der Waals surface area contributed by atoms with Crippen LogP contribution < -0.4 is 5.32 Å². The molecule has 0 bridgehead atoms. The number of aliphatic hydroxyl groups is 1. The van der Waals surface area contributed by atoms with E-state index in [-0.39, 0.29) is 18.3 Å². The van der Waals surface area contributed by atoms with Crippen LogP contribution in [-0.4, -0.2) is 34.9 Å². The predicted molar refractivity (Wildman–Crippen MR) is 64.1 cm³/mol. The number of amides is 1. The van der Waals surface area contributed by atoms with E-state index in [1.54, 1.807) is 12.1 Å². The summed E-state index contributed by atoms with van der Waals surface area (Å²) in [6.45, 7) is 2.21. The highest BCUT2D eigenvalue weighted by Gasteiger charge is 2.09. The molecule has 0 radical (unpaired) electrons. The number of unbranched alkanes of at least 4 members (excludes halogenated alkanes) is 2.